The van der Waals surface area contributed by atoms with Crippen molar-refractivity contribution >= 4 is 5.97 Å². The summed E-state index contributed by atoms with van der Waals surface area (Å²) < 4.78 is 38.6. The predicted octanol–water partition coefficient (Wildman–Crippen LogP) is 2.63. The predicted molar refractivity (Wildman–Crippen MR) is 62.8 cm³/mol. The Morgan fingerprint density at radius 3 is 2.53 bits per heavy atom. The quantitative estimate of drug-likeness (QED) is 0.867. The van der Waals surface area contributed by atoms with Gasteiger partial charge in [0.25, 0.3) is 0 Å². The number of carboxylic acid groups (broad SMARTS) is 1. The Morgan fingerprint density at radius 1 is 1.37 bits per heavy atom. The molecule has 0 amide bonds. The third kappa shape index (κ3) is 3.47. The smallest absolute Gasteiger partial charge is 0.416 e. The van der Waals surface area contributed by atoms with E-state index in [0.717, 1.165) is 18.9 Å². The maximum Gasteiger partial charge on any atom is 0.416 e. The van der Waals surface area contributed by atoms with Crippen molar-refractivity contribution in [3.8, 4) is 0 Å². The minimum atomic E-state index is -4.54. The van der Waals surface area contributed by atoms with Crippen LogP contribution in [0.25, 0.3) is 0 Å². The van der Waals surface area contributed by atoms with Crippen LogP contribution in [0, 0.1) is 0 Å². The van der Waals surface area contributed by atoms with Crippen molar-refractivity contribution < 1.29 is 23.1 Å². The fourth-order valence-corrected chi connectivity index (χ4v) is 1.96. The molecule has 0 aromatic heterocycles. The van der Waals surface area contributed by atoms with Crippen LogP contribution in [0.5, 0.6) is 0 Å². The van der Waals surface area contributed by atoms with Gasteiger partial charge in [0.2, 0.25) is 0 Å². The summed E-state index contributed by atoms with van der Waals surface area (Å²) in [6, 6.07) is 5.09. The Balaban J connectivity index is 2.27. The lowest BCUT2D eigenvalue weighted by atomic mass is 9.93. The highest BCUT2D eigenvalue weighted by molar-refractivity contribution is 5.77. The summed E-state index contributed by atoms with van der Waals surface area (Å²) >= 11 is 0. The summed E-state index contributed by atoms with van der Waals surface area (Å²) in [5.41, 5.74) is -1.06. The van der Waals surface area contributed by atoms with Crippen LogP contribution in [-0.2, 0) is 11.0 Å². The maximum atomic E-state index is 12.9. The number of hydrogen-bond acceptors (Lipinski definition) is 2. The molecule has 1 aromatic rings. The first kappa shape index (κ1) is 13.9. The SMILES string of the molecule is O=C(O)C(CNC1CC1)c1ccccc1C(F)(F)F. The molecule has 0 bridgehead atoms. The van der Waals surface area contributed by atoms with Crippen molar-refractivity contribution in [3.63, 3.8) is 0 Å². The van der Waals surface area contributed by atoms with Crippen molar-refractivity contribution in [3.05, 3.63) is 35.4 Å². The molecule has 2 N–H and O–H groups in total. The second-order valence-corrected chi connectivity index (χ2v) is 4.66. The van der Waals surface area contributed by atoms with E-state index >= 15 is 0 Å². The number of benzene rings is 1. The molecule has 1 aromatic carbocycles. The summed E-state index contributed by atoms with van der Waals surface area (Å²) in [5.74, 6) is -2.43. The van der Waals surface area contributed by atoms with E-state index in [1.165, 1.54) is 18.2 Å². The van der Waals surface area contributed by atoms with Crippen LogP contribution in [0.4, 0.5) is 13.2 Å². The van der Waals surface area contributed by atoms with Crippen molar-refractivity contribution in [1.82, 2.24) is 5.32 Å². The van der Waals surface area contributed by atoms with E-state index < -0.39 is 23.6 Å². The van der Waals surface area contributed by atoms with E-state index in [1.807, 2.05) is 0 Å². The maximum absolute atomic E-state index is 12.9. The van der Waals surface area contributed by atoms with E-state index in [1.54, 1.807) is 0 Å². The number of carboxylic acids is 1. The Morgan fingerprint density at radius 2 is 2.00 bits per heavy atom. The number of halogens is 3. The third-order valence-corrected chi connectivity index (χ3v) is 3.13. The van der Waals surface area contributed by atoms with Gasteiger partial charge in [0.1, 0.15) is 0 Å². The highest BCUT2D eigenvalue weighted by atomic mass is 19.4. The zero-order chi connectivity index (χ0) is 14.0. The lowest BCUT2D eigenvalue weighted by Gasteiger charge is -2.18. The molecular formula is C13H14F3NO2. The van der Waals surface area contributed by atoms with E-state index in [4.69, 9.17) is 5.11 Å². The number of nitrogens with one attached hydrogen (secondary N) is 1. The monoisotopic (exact) mass is 273 g/mol. The van der Waals surface area contributed by atoms with Gasteiger partial charge in [-0.25, -0.2) is 0 Å². The normalized spacial score (nSPS) is 17.2. The topological polar surface area (TPSA) is 49.3 Å². The zero-order valence-electron chi connectivity index (χ0n) is 10.1. The molecule has 1 unspecified atom stereocenters. The number of alkyl halides is 3. The summed E-state index contributed by atoms with van der Waals surface area (Å²) in [6.45, 7) is 0.0209. The second kappa shape index (κ2) is 5.21. The first-order valence-corrected chi connectivity index (χ1v) is 6.02. The second-order valence-electron chi connectivity index (χ2n) is 4.66. The van der Waals surface area contributed by atoms with E-state index in [-0.39, 0.29) is 18.2 Å². The fraction of sp³-hybridized carbons (Fsp3) is 0.462. The van der Waals surface area contributed by atoms with Gasteiger partial charge in [0.05, 0.1) is 11.5 Å². The average molecular weight is 273 g/mol. The van der Waals surface area contributed by atoms with Gasteiger partial charge in [-0.15, -0.1) is 0 Å². The van der Waals surface area contributed by atoms with Gasteiger partial charge in [-0.1, -0.05) is 18.2 Å². The van der Waals surface area contributed by atoms with Gasteiger partial charge >= 0.3 is 12.1 Å². The molecule has 6 heteroatoms. The molecule has 1 saturated carbocycles. The molecule has 3 nitrogen and oxygen atoms in total. The molecule has 1 fully saturated rings. The van der Waals surface area contributed by atoms with Crippen molar-refractivity contribution in [2.45, 2.75) is 31.0 Å². The number of carbonyl (C=O) groups is 1. The molecule has 19 heavy (non-hydrogen) atoms. The van der Waals surface area contributed by atoms with Crippen LogP contribution in [0.2, 0.25) is 0 Å². The zero-order valence-corrected chi connectivity index (χ0v) is 10.1. The van der Waals surface area contributed by atoms with Crippen LogP contribution < -0.4 is 5.32 Å². The molecule has 1 aliphatic carbocycles. The highest BCUT2D eigenvalue weighted by Gasteiger charge is 2.37. The molecule has 0 saturated heterocycles. The van der Waals surface area contributed by atoms with Crippen LogP contribution in [0.1, 0.15) is 29.9 Å². The minimum Gasteiger partial charge on any atom is -0.481 e. The van der Waals surface area contributed by atoms with Gasteiger partial charge in [-0.3, -0.25) is 4.79 Å². The van der Waals surface area contributed by atoms with E-state index in [2.05, 4.69) is 5.32 Å². The van der Waals surface area contributed by atoms with Crippen LogP contribution in [0.3, 0.4) is 0 Å². The first-order chi connectivity index (χ1) is 8.89. The molecule has 0 aliphatic heterocycles. The van der Waals surface area contributed by atoms with Crippen molar-refractivity contribution in [2.24, 2.45) is 0 Å². The van der Waals surface area contributed by atoms with Gasteiger partial charge in [-0.05, 0) is 24.5 Å². The minimum absolute atomic E-state index is 0.0209. The van der Waals surface area contributed by atoms with E-state index in [9.17, 15) is 18.0 Å². The van der Waals surface area contributed by atoms with Crippen molar-refractivity contribution in [1.29, 1.82) is 0 Å². The van der Waals surface area contributed by atoms with Gasteiger partial charge in [-0.2, -0.15) is 13.2 Å². The number of hydrogen-bond donors (Lipinski definition) is 2. The molecule has 0 spiro atoms. The molecule has 0 heterocycles. The summed E-state index contributed by atoms with van der Waals surface area (Å²) in [6.07, 6.45) is -2.63. The fourth-order valence-electron chi connectivity index (χ4n) is 1.96. The molecule has 1 aliphatic rings. The standard InChI is InChI=1S/C13H14F3NO2/c14-13(15,16)11-4-2-1-3-9(11)10(12(18)19)7-17-8-5-6-8/h1-4,8,10,17H,5-7H2,(H,18,19). The average Bonchev–Trinajstić information content (AvgIpc) is 3.12. The Hall–Kier alpha value is -1.56. The van der Waals surface area contributed by atoms with Crippen molar-refractivity contribution in [2.75, 3.05) is 6.54 Å². The van der Waals surface area contributed by atoms with Gasteiger partial charge in [0, 0.05) is 12.6 Å². The number of aliphatic carboxylic acids is 1. The van der Waals surface area contributed by atoms with Crippen LogP contribution in [0.15, 0.2) is 24.3 Å². The summed E-state index contributed by atoms with van der Waals surface area (Å²) in [5, 5.41) is 12.1. The molecular weight excluding hydrogens is 259 g/mol. The summed E-state index contributed by atoms with van der Waals surface area (Å²) in [4.78, 5) is 11.2. The third-order valence-electron chi connectivity index (χ3n) is 3.13. The first-order valence-electron chi connectivity index (χ1n) is 6.02. The molecule has 2 rings (SSSR count). The number of rotatable bonds is 5. The van der Waals surface area contributed by atoms with E-state index in [0.29, 0.717) is 0 Å². The molecule has 104 valence electrons. The van der Waals surface area contributed by atoms with Crippen LogP contribution in [-0.4, -0.2) is 23.7 Å². The lowest BCUT2D eigenvalue weighted by molar-refractivity contribution is -0.141. The van der Waals surface area contributed by atoms with Crippen LogP contribution >= 0.6 is 0 Å². The largest absolute Gasteiger partial charge is 0.481 e. The van der Waals surface area contributed by atoms with Gasteiger partial charge < -0.3 is 10.4 Å². The Bertz CT molecular complexity index is 469. The Kier molecular flexibility index (Phi) is 3.80. The molecule has 1 atom stereocenters. The highest BCUT2D eigenvalue weighted by Crippen LogP contribution is 2.35. The van der Waals surface area contributed by atoms with Gasteiger partial charge in [0.15, 0.2) is 0 Å². The Labute approximate surface area is 108 Å². The molecule has 0 radical (unpaired) electrons. The summed E-state index contributed by atoms with van der Waals surface area (Å²) in [7, 11) is 0. The lowest BCUT2D eigenvalue weighted by Crippen LogP contribution is -2.29.